The van der Waals surface area contributed by atoms with Crippen LogP contribution in [-0.2, 0) is 0 Å². The molecule has 72 valence electrons. The molecule has 1 aromatic rings. The summed E-state index contributed by atoms with van der Waals surface area (Å²) in [4.78, 5) is 2.48. The Bertz CT molecular complexity index is 279. The second-order valence-corrected chi connectivity index (χ2v) is 3.74. The van der Waals surface area contributed by atoms with E-state index in [2.05, 4.69) is 24.0 Å². The number of hydrogen-bond acceptors (Lipinski definition) is 2. The van der Waals surface area contributed by atoms with Crippen molar-refractivity contribution >= 4 is 0 Å². The molecule has 0 bridgehead atoms. The van der Waals surface area contributed by atoms with E-state index in [9.17, 15) is 0 Å². The van der Waals surface area contributed by atoms with Crippen molar-refractivity contribution in [1.82, 2.24) is 4.90 Å². The third-order valence-corrected chi connectivity index (χ3v) is 2.86. The average Bonchev–Trinajstić information content (AvgIpc) is 2.71. The minimum atomic E-state index is 0.540. The van der Waals surface area contributed by atoms with Gasteiger partial charge in [0.05, 0.1) is 6.04 Å². The number of aryl methyl sites for hydroxylation is 1. The van der Waals surface area contributed by atoms with Gasteiger partial charge >= 0.3 is 0 Å². The quantitative estimate of drug-likeness (QED) is 0.694. The third kappa shape index (κ3) is 1.63. The molecule has 0 aromatic carbocycles. The Morgan fingerprint density at radius 3 is 3.00 bits per heavy atom. The molecule has 2 nitrogen and oxygen atoms in total. The van der Waals surface area contributed by atoms with Gasteiger partial charge in [-0.25, -0.2) is 0 Å². The standard InChI is InChI=1S/C11H17NO/c1-3-12-8-4-5-10(12)11-7-6-9(2)13-11/h6-7,10H,3-5,8H2,1-2H3. The SMILES string of the molecule is CCN1CCCC1c1ccc(C)o1. The lowest BCUT2D eigenvalue weighted by molar-refractivity contribution is 0.238. The first kappa shape index (κ1) is 8.82. The molecule has 0 N–H and O–H groups in total. The summed E-state index contributed by atoms with van der Waals surface area (Å²) in [6.07, 6.45) is 2.55. The Morgan fingerprint density at radius 2 is 2.38 bits per heavy atom. The van der Waals surface area contributed by atoms with Gasteiger partial charge in [-0.15, -0.1) is 0 Å². The Balaban J connectivity index is 2.15. The van der Waals surface area contributed by atoms with Crippen molar-refractivity contribution in [1.29, 1.82) is 0 Å². The Labute approximate surface area is 79.5 Å². The van der Waals surface area contributed by atoms with E-state index in [4.69, 9.17) is 4.42 Å². The zero-order valence-electron chi connectivity index (χ0n) is 8.42. The van der Waals surface area contributed by atoms with E-state index < -0.39 is 0 Å². The molecule has 1 unspecified atom stereocenters. The molecule has 1 aliphatic heterocycles. The van der Waals surface area contributed by atoms with Crippen LogP contribution in [-0.4, -0.2) is 18.0 Å². The number of hydrogen-bond donors (Lipinski definition) is 0. The molecule has 1 aromatic heterocycles. The Hall–Kier alpha value is -0.760. The van der Waals surface area contributed by atoms with E-state index in [1.54, 1.807) is 0 Å². The fourth-order valence-electron chi connectivity index (χ4n) is 2.16. The predicted molar refractivity (Wildman–Crippen MR) is 52.7 cm³/mol. The van der Waals surface area contributed by atoms with Crippen molar-refractivity contribution in [2.45, 2.75) is 32.7 Å². The molecular weight excluding hydrogens is 162 g/mol. The van der Waals surface area contributed by atoms with Crippen LogP contribution in [0.5, 0.6) is 0 Å². The van der Waals surface area contributed by atoms with Crippen molar-refractivity contribution in [3.05, 3.63) is 23.7 Å². The van der Waals surface area contributed by atoms with E-state index in [1.165, 1.54) is 19.4 Å². The lowest BCUT2D eigenvalue weighted by Crippen LogP contribution is -2.22. The van der Waals surface area contributed by atoms with E-state index in [0.717, 1.165) is 18.1 Å². The van der Waals surface area contributed by atoms with Gasteiger partial charge in [-0.1, -0.05) is 6.92 Å². The molecule has 1 aliphatic rings. The monoisotopic (exact) mass is 179 g/mol. The first-order chi connectivity index (χ1) is 6.31. The summed E-state index contributed by atoms with van der Waals surface area (Å²) in [7, 11) is 0. The van der Waals surface area contributed by atoms with Gasteiger partial charge in [0.1, 0.15) is 11.5 Å². The summed E-state index contributed by atoms with van der Waals surface area (Å²) in [6.45, 7) is 6.58. The molecular formula is C11H17NO. The largest absolute Gasteiger partial charge is 0.465 e. The van der Waals surface area contributed by atoms with Crippen LogP contribution in [0.1, 0.15) is 37.3 Å². The highest BCUT2D eigenvalue weighted by atomic mass is 16.3. The number of rotatable bonds is 2. The maximum absolute atomic E-state index is 5.66. The molecule has 1 saturated heterocycles. The highest BCUT2D eigenvalue weighted by Gasteiger charge is 2.26. The van der Waals surface area contributed by atoms with Gasteiger partial charge in [-0.05, 0) is 45.0 Å². The van der Waals surface area contributed by atoms with Crippen LogP contribution >= 0.6 is 0 Å². The van der Waals surface area contributed by atoms with Gasteiger partial charge in [0.15, 0.2) is 0 Å². The Kier molecular flexibility index (Phi) is 2.40. The van der Waals surface area contributed by atoms with Crippen LogP contribution in [0, 0.1) is 6.92 Å². The summed E-state index contributed by atoms with van der Waals surface area (Å²) < 4.78 is 5.66. The lowest BCUT2D eigenvalue weighted by Gasteiger charge is -2.20. The molecule has 1 atom stereocenters. The van der Waals surface area contributed by atoms with Crippen LogP contribution in [0.15, 0.2) is 16.5 Å². The molecule has 2 heteroatoms. The summed E-state index contributed by atoms with van der Waals surface area (Å²) in [5.74, 6) is 2.18. The molecule has 2 rings (SSSR count). The summed E-state index contributed by atoms with van der Waals surface area (Å²) in [5, 5.41) is 0. The molecule has 13 heavy (non-hydrogen) atoms. The first-order valence-corrected chi connectivity index (χ1v) is 5.11. The van der Waals surface area contributed by atoms with Crippen LogP contribution in [0.4, 0.5) is 0 Å². The zero-order chi connectivity index (χ0) is 9.26. The van der Waals surface area contributed by atoms with E-state index in [-0.39, 0.29) is 0 Å². The molecule has 0 amide bonds. The number of furan rings is 1. The van der Waals surface area contributed by atoms with Crippen molar-refractivity contribution in [2.24, 2.45) is 0 Å². The second kappa shape index (κ2) is 3.54. The first-order valence-electron chi connectivity index (χ1n) is 5.11. The highest BCUT2D eigenvalue weighted by Crippen LogP contribution is 2.32. The number of likely N-dealkylation sites (tertiary alicyclic amines) is 1. The van der Waals surface area contributed by atoms with Gasteiger partial charge in [0.2, 0.25) is 0 Å². The second-order valence-electron chi connectivity index (χ2n) is 3.74. The van der Waals surface area contributed by atoms with Gasteiger partial charge in [-0.2, -0.15) is 0 Å². The molecule has 2 heterocycles. The van der Waals surface area contributed by atoms with Gasteiger partial charge < -0.3 is 4.42 Å². The highest BCUT2D eigenvalue weighted by molar-refractivity contribution is 5.11. The topological polar surface area (TPSA) is 16.4 Å². The molecule has 1 fully saturated rings. The average molecular weight is 179 g/mol. The van der Waals surface area contributed by atoms with E-state index >= 15 is 0 Å². The molecule has 0 saturated carbocycles. The van der Waals surface area contributed by atoms with Gasteiger partial charge in [-0.3, -0.25) is 4.90 Å². The smallest absolute Gasteiger partial charge is 0.121 e. The van der Waals surface area contributed by atoms with Crippen molar-refractivity contribution in [2.75, 3.05) is 13.1 Å². The van der Waals surface area contributed by atoms with Crippen LogP contribution in [0.3, 0.4) is 0 Å². The third-order valence-electron chi connectivity index (χ3n) is 2.86. The van der Waals surface area contributed by atoms with Crippen LogP contribution in [0.2, 0.25) is 0 Å². The van der Waals surface area contributed by atoms with Gasteiger partial charge in [0.25, 0.3) is 0 Å². The zero-order valence-corrected chi connectivity index (χ0v) is 8.42. The van der Waals surface area contributed by atoms with Crippen molar-refractivity contribution < 1.29 is 4.42 Å². The van der Waals surface area contributed by atoms with Crippen molar-refractivity contribution in [3.8, 4) is 0 Å². The van der Waals surface area contributed by atoms with Crippen LogP contribution in [0.25, 0.3) is 0 Å². The van der Waals surface area contributed by atoms with Crippen LogP contribution < -0.4 is 0 Å². The number of nitrogens with zero attached hydrogens (tertiary/aromatic N) is 1. The summed E-state index contributed by atoms with van der Waals surface area (Å²) >= 11 is 0. The fraction of sp³-hybridized carbons (Fsp3) is 0.636. The maximum Gasteiger partial charge on any atom is 0.121 e. The van der Waals surface area contributed by atoms with E-state index in [1.807, 2.05) is 6.92 Å². The minimum Gasteiger partial charge on any atom is -0.465 e. The maximum atomic E-state index is 5.66. The predicted octanol–water partition coefficient (Wildman–Crippen LogP) is 2.74. The minimum absolute atomic E-state index is 0.540. The lowest BCUT2D eigenvalue weighted by atomic mass is 10.2. The molecule has 0 radical (unpaired) electrons. The summed E-state index contributed by atoms with van der Waals surface area (Å²) in [5.41, 5.74) is 0. The molecule has 0 aliphatic carbocycles. The Morgan fingerprint density at radius 1 is 1.54 bits per heavy atom. The normalized spacial score (nSPS) is 24.0. The van der Waals surface area contributed by atoms with Gasteiger partial charge in [0, 0.05) is 0 Å². The van der Waals surface area contributed by atoms with E-state index in [0.29, 0.717) is 6.04 Å². The fourth-order valence-corrected chi connectivity index (χ4v) is 2.16. The molecule has 0 spiro atoms. The summed E-state index contributed by atoms with van der Waals surface area (Å²) in [6, 6.07) is 4.72. The van der Waals surface area contributed by atoms with Crippen molar-refractivity contribution in [3.63, 3.8) is 0 Å².